The maximum Gasteiger partial charge on any atom is 0.307 e. The van der Waals surface area contributed by atoms with Gasteiger partial charge >= 0.3 is 5.97 Å². The lowest BCUT2D eigenvalue weighted by atomic mass is 10.1. The van der Waals surface area contributed by atoms with Crippen LogP contribution in [0.4, 0.5) is 5.69 Å². The molecule has 0 amide bonds. The monoisotopic (exact) mass is 205 g/mol. The van der Waals surface area contributed by atoms with E-state index in [9.17, 15) is 4.79 Å². The molecule has 0 atom stereocenters. The standard InChI is InChI=1S/C12H15NO2/c1-8(2)13-11-5-4-10(6-9(11)3)7-12(14)15/h4-6H,7H2,1-3H3,(H,14,15). The van der Waals surface area contributed by atoms with Crippen LogP contribution in [0.3, 0.4) is 0 Å². The Morgan fingerprint density at radius 3 is 2.53 bits per heavy atom. The van der Waals surface area contributed by atoms with E-state index in [1.54, 1.807) is 0 Å². The van der Waals surface area contributed by atoms with Gasteiger partial charge in [-0.3, -0.25) is 9.79 Å². The molecule has 1 rings (SSSR count). The highest BCUT2D eigenvalue weighted by Gasteiger charge is 2.02. The van der Waals surface area contributed by atoms with Crippen molar-refractivity contribution in [3.63, 3.8) is 0 Å². The number of carboxylic acid groups (broad SMARTS) is 1. The van der Waals surface area contributed by atoms with Crippen LogP contribution in [0, 0.1) is 6.92 Å². The van der Waals surface area contributed by atoms with Crippen molar-refractivity contribution in [1.29, 1.82) is 0 Å². The highest BCUT2D eigenvalue weighted by molar-refractivity contribution is 5.82. The molecule has 0 unspecified atom stereocenters. The third-order valence-electron chi connectivity index (χ3n) is 1.96. The van der Waals surface area contributed by atoms with Crippen LogP contribution in [0.2, 0.25) is 0 Å². The van der Waals surface area contributed by atoms with Gasteiger partial charge in [0.25, 0.3) is 0 Å². The molecular formula is C12H15NO2. The minimum absolute atomic E-state index is 0.0654. The summed E-state index contributed by atoms with van der Waals surface area (Å²) >= 11 is 0. The molecule has 0 saturated carbocycles. The van der Waals surface area contributed by atoms with Crippen molar-refractivity contribution in [2.75, 3.05) is 0 Å². The van der Waals surface area contributed by atoms with Crippen LogP contribution in [-0.2, 0) is 11.2 Å². The van der Waals surface area contributed by atoms with Crippen LogP contribution < -0.4 is 0 Å². The first kappa shape index (κ1) is 11.4. The number of aliphatic carboxylic acids is 1. The van der Waals surface area contributed by atoms with E-state index >= 15 is 0 Å². The molecule has 1 aromatic rings. The number of benzene rings is 1. The minimum atomic E-state index is -0.808. The minimum Gasteiger partial charge on any atom is -0.481 e. The van der Waals surface area contributed by atoms with Gasteiger partial charge in [0.2, 0.25) is 0 Å². The van der Waals surface area contributed by atoms with Gasteiger partial charge < -0.3 is 5.11 Å². The van der Waals surface area contributed by atoms with Crippen molar-refractivity contribution in [3.05, 3.63) is 29.3 Å². The van der Waals surface area contributed by atoms with Gasteiger partial charge in [-0.15, -0.1) is 0 Å². The maximum absolute atomic E-state index is 10.5. The van der Waals surface area contributed by atoms with E-state index in [1.165, 1.54) is 0 Å². The Bertz CT molecular complexity index is 404. The Labute approximate surface area is 89.5 Å². The Kier molecular flexibility index (Phi) is 3.61. The molecule has 1 N–H and O–H groups in total. The molecular weight excluding hydrogens is 190 g/mol. The van der Waals surface area contributed by atoms with E-state index in [0.717, 1.165) is 22.5 Å². The molecule has 0 aliphatic rings. The fourth-order valence-electron chi connectivity index (χ4n) is 1.37. The Morgan fingerprint density at radius 2 is 2.07 bits per heavy atom. The highest BCUT2D eigenvalue weighted by atomic mass is 16.4. The van der Waals surface area contributed by atoms with Crippen LogP contribution in [0.1, 0.15) is 25.0 Å². The van der Waals surface area contributed by atoms with Gasteiger partial charge in [0.05, 0.1) is 12.1 Å². The SMILES string of the molecule is CC(C)=Nc1ccc(CC(=O)O)cc1C. The predicted octanol–water partition coefficient (Wildman–Crippen LogP) is 2.73. The number of aryl methyl sites for hydroxylation is 1. The summed E-state index contributed by atoms with van der Waals surface area (Å²) in [4.78, 5) is 14.9. The van der Waals surface area contributed by atoms with Gasteiger partial charge in [-0.25, -0.2) is 0 Å². The predicted molar refractivity (Wildman–Crippen MR) is 61.0 cm³/mol. The van der Waals surface area contributed by atoms with Crippen molar-refractivity contribution in [2.24, 2.45) is 4.99 Å². The van der Waals surface area contributed by atoms with E-state index in [4.69, 9.17) is 5.11 Å². The lowest BCUT2D eigenvalue weighted by Crippen LogP contribution is -1.99. The van der Waals surface area contributed by atoms with Crippen molar-refractivity contribution < 1.29 is 9.90 Å². The molecule has 0 aromatic heterocycles. The van der Waals surface area contributed by atoms with E-state index in [-0.39, 0.29) is 6.42 Å². The summed E-state index contributed by atoms with van der Waals surface area (Å²) in [5, 5.41) is 8.64. The molecule has 0 heterocycles. The Morgan fingerprint density at radius 1 is 1.40 bits per heavy atom. The van der Waals surface area contributed by atoms with E-state index in [1.807, 2.05) is 39.0 Å². The van der Waals surface area contributed by atoms with Crippen molar-refractivity contribution >= 4 is 17.4 Å². The number of nitrogens with zero attached hydrogens (tertiary/aromatic N) is 1. The van der Waals surface area contributed by atoms with Gasteiger partial charge in [0.15, 0.2) is 0 Å². The largest absolute Gasteiger partial charge is 0.481 e. The molecule has 0 aliphatic carbocycles. The second-order valence-electron chi connectivity index (χ2n) is 3.75. The van der Waals surface area contributed by atoms with Gasteiger partial charge in [0, 0.05) is 5.71 Å². The quantitative estimate of drug-likeness (QED) is 0.771. The molecule has 0 saturated heterocycles. The van der Waals surface area contributed by atoms with Crippen LogP contribution in [0.15, 0.2) is 23.2 Å². The molecule has 1 aromatic carbocycles. The molecule has 3 nitrogen and oxygen atoms in total. The van der Waals surface area contributed by atoms with Crippen LogP contribution in [0.5, 0.6) is 0 Å². The summed E-state index contributed by atoms with van der Waals surface area (Å²) in [5.74, 6) is -0.808. The van der Waals surface area contributed by atoms with Crippen LogP contribution in [0.25, 0.3) is 0 Å². The summed E-state index contributed by atoms with van der Waals surface area (Å²) in [5.41, 5.74) is 3.72. The molecule has 80 valence electrons. The van der Waals surface area contributed by atoms with Gasteiger partial charge in [-0.05, 0) is 38.0 Å². The van der Waals surface area contributed by atoms with Crippen molar-refractivity contribution in [2.45, 2.75) is 27.2 Å². The summed E-state index contributed by atoms with van der Waals surface area (Å²) in [7, 11) is 0. The number of hydrogen-bond acceptors (Lipinski definition) is 2. The second-order valence-corrected chi connectivity index (χ2v) is 3.75. The first-order chi connectivity index (χ1) is 6.99. The fourth-order valence-corrected chi connectivity index (χ4v) is 1.37. The lowest BCUT2D eigenvalue weighted by Gasteiger charge is -2.03. The maximum atomic E-state index is 10.5. The van der Waals surface area contributed by atoms with Gasteiger partial charge in [0.1, 0.15) is 0 Å². The zero-order chi connectivity index (χ0) is 11.4. The first-order valence-electron chi connectivity index (χ1n) is 4.82. The van der Waals surface area contributed by atoms with Crippen molar-refractivity contribution in [3.8, 4) is 0 Å². The summed E-state index contributed by atoms with van der Waals surface area (Å²) in [6.07, 6.45) is 0.0654. The average Bonchev–Trinajstić information content (AvgIpc) is 2.08. The Balaban J connectivity index is 2.98. The van der Waals surface area contributed by atoms with Gasteiger partial charge in [-0.1, -0.05) is 12.1 Å². The van der Waals surface area contributed by atoms with Crippen LogP contribution in [-0.4, -0.2) is 16.8 Å². The smallest absolute Gasteiger partial charge is 0.307 e. The first-order valence-corrected chi connectivity index (χ1v) is 4.82. The number of carboxylic acids is 1. The third kappa shape index (κ3) is 3.54. The second kappa shape index (κ2) is 4.73. The molecule has 15 heavy (non-hydrogen) atoms. The molecule has 0 aliphatic heterocycles. The molecule has 0 spiro atoms. The van der Waals surface area contributed by atoms with E-state index < -0.39 is 5.97 Å². The summed E-state index contributed by atoms with van der Waals surface area (Å²) in [6.45, 7) is 5.81. The van der Waals surface area contributed by atoms with Gasteiger partial charge in [-0.2, -0.15) is 0 Å². The normalized spacial score (nSPS) is 9.80. The van der Waals surface area contributed by atoms with E-state index in [0.29, 0.717) is 0 Å². The summed E-state index contributed by atoms with van der Waals surface area (Å²) < 4.78 is 0. The average molecular weight is 205 g/mol. The van der Waals surface area contributed by atoms with Crippen LogP contribution >= 0.6 is 0 Å². The highest BCUT2D eigenvalue weighted by Crippen LogP contribution is 2.20. The third-order valence-corrected chi connectivity index (χ3v) is 1.96. The zero-order valence-electron chi connectivity index (χ0n) is 9.24. The topological polar surface area (TPSA) is 49.7 Å². The molecule has 3 heteroatoms. The lowest BCUT2D eigenvalue weighted by molar-refractivity contribution is -0.136. The molecule has 0 radical (unpaired) electrons. The molecule has 0 fully saturated rings. The summed E-state index contributed by atoms with van der Waals surface area (Å²) in [6, 6.07) is 5.54. The van der Waals surface area contributed by atoms with E-state index in [2.05, 4.69) is 4.99 Å². The number of hydrogen-bond donors (Lipinski definition) is 1. The number of carbonyl (C=O) groups is 1. The number of rotatable bonds is 3. The van der Waals surface area contributed by atoms with Crippen molar-refractivity contribution in [1.82, 2.24) is 0 Å². The fraction of sp³-hybridized carbons (Fsp3) is 0.333. The zero-order valence-corrected chi connectivity index (χ0v) is 9.24. The number of aliphatic imine (C=N–C) groups is 1. The molecule has 0 bridgehead atoms. The Hall–Kier alpha value is -1.64.